The summed E-state index contributed by atoms with van der Waals surface area (Å²) >= 11 is 0. The van der Waals surface area contributed by atoms with Crippen molar-refractivity contribution in [1.82, 2.24) is 0 Å². The van der Waals surface area contributed by atoms with E-state index < -0.39 is 33.5 Å². The van der Waals surface area contributed by atoms with Gasteiger partial charge >= 0.3 is 11.9 Å². The number of unbranched alkanes of at least 4 members (excludes halogenated alkanes) is 7. The fourth-order valence-corrected chi connectivity index (χ4v) is 4.21. The van der Waals surface area contributed by atoms with E-state index in [-0.39, 0.29) is 11.5 Å². The van der Waals surface area contributed by atoms with Crippen LogP contribution in [-0.4, -0.2) is 57.6 Å². The molecule has 0 amide bonds. The minimum absolute atomic E-state index is 0.00610. The Morgan fingerprint density at radius 2 is 0.917 bits per heavy atom. The summed E-state index contributed by atoms with van der Waals surface area (Å²) in [6, 6.07) is 0. The molecule has 0 fully saturated rings. The molecule has 0 spiro atoms. The van der Waals surface area contributed by atoms with Crippen LogP contribution in [0.25, 0.3) is 0 Å². The van der Waals surface area contributed by atoms with Crippen molar-refractivity contribution in [2.75, 3.05) is 37.2 Å². The number of carbonyl (C=O) groups is 2. The Kier molecular flexibility index (Phi) is 15.3. The van der Waals surface area contributed by atoms with Gasteiger partial charge in [0, 0.05) is 33.1 Å². The molecule has 0 aromatic carbocycles. The number of hydrogen-bond donors (Lipinski definition) is 0. The zero-order valence-electron chi connectivity index (χ0n) is 14.8. The largest absolute Gasteiger partial charge is 0.468 e. The third-order valence-corrected chi connectivity index (χ3v) is 6.11. The standard InChI is InChI=1S/C16H30O6S2/c1-21-15(17)13-23(19)11-9-7-5-3-4-6-8-10-12-24(20)14-16(18)22-2/h3-14H2,1-2H3. The third-order valence-electron chi connectivity index (χ3n) is 3.51. The number of esters is 2. The van der Waals surface area contributed by atoms with Crippen molar-refractivity contribution >= 4 is 33.5 Å². The van der Waals surface area contributed by atoms with Gasteiger partial charge in [0.15, 0.2) is 0 Å². The smallest absolute Gasteiger partial charge is 0.318 e. The fourth-order valence-electron chi connectivity index (χ4n) is 2.11. The monoisotopic (exact) mass is 382 g/mol. The molecule has 0 radical (unpaired) electrons. The Balaban J connectivity index is 3.34. The van der Waals surface area contributed by atoms with Crippen LogP contribution >= 0.6 is 0 Å². The van der Waals surface area contributed by atoms with Crippen LogP contribution in [0.2, 0.25) is 0 Å². The molecule has 0 heterocycles. The van der Waals surface area contributed by atoms with Crippen LogP contribution in [0.4, 0.5) is 0 Å². The summed E-state index contributed by atoms with van der Waals surface area (Å²) in [5, 5.41) is 0. The lowest BCUT2D eigenvalue weighted by Gasteiger charge is -2.03. The number of ether oxygens (including phenoxy) is 2. The van der Waals surface area contributed by atoms with E-state index in [1.54, 1.807) is 0 Å². The van der Waals surface area contributed by atoms with E-state index in [4.69, 9.17) is 0 Å². The van der Waals surface area contributed by atoms with Crippen molar-refractivity contribution < 1.29 is 27.5 Å². The first kappa shape index (κ1) is 23.2. The normalized spacial score (nSPS) is 13.2. The Morgan fingerprint density at radius 1 is 0.625 bits per heavy atom. The van der Waals surface area contributed by atoms with Crippen molar-refractivity contribution in [1.29, 1.82) is 0 Å². The van der Waals surface area contributed by atoms with E-state index in [1.165, 1.54) is 14.2 Å². The molecule has 24 heavy (non-hydrogen) atoms. The summed E-state index contributed by atoms with van der Waals surface area (Å²) in [6.07, 6.45) is 8.26. The molecule has 0 aliphatic rings. The highest BCUT2D eigenvalue weighted by Crippen LogP contribution is 2.09. The molecule has 0 rings (SSSR count). The van der Waals surface area contributed by atoms with Gasteiger partial charge in [-0.2, -0.15) is 0 Å². The van der Waals surface area contributed by atoms with Gasteiger partial charge in [0.1, 0.15) is 11.5 Å². The number of rotatable bonds is 15. The molecule has 2 unspecified atom stereocenters. The van der Waals surface area contributed by atoms with Gasteiger partial charge in [0.25, 0.3) is 0 Å². The molecule has 2 atom stereocenters. The Hall–Kier alpha value is -0.760. The number of hydrogen-bond acceptors (Lipinski definition) is 6. The molecule has 0 saturated carbocycles. The first-order valence-corrected chi connectivity index (χ1v) is 11.3. The van der Waals surface area contributed by atoms with Gasteiger partial charge in [-0.3, -0.25) is 18.0 Å². The van der Waals surface area contributed by atoms with Crippen LogP contribution in [-0.2, 0) is 40.7 Å². The molecule has 0 bridgehead atoms. The van der Waals surface area contributed by atoms with Crippen molar-refractivity contribution in [2.24, 2.45) is 0 Å². The quantitative estimate of drug-likeness (QED) is 0.318. The molecule has 0 aromatic rings. The van der Waals surface area contributed by atoms with Crippen LogP contribution in [0.15, 0.2) is 0 Å². The van der Waals surface area contributed by atoms with E-state index in [0.29, 0.717) is 11.5 Å². The van der Waals surface area contributed by atoms with Crippen molar-refractivity contribution in [2.45, 2.75) is 51.4 Å². The second-order valence-corrected chi connectivity index (χ2v) is 8.71. The van der Waals surface area contributed by atoms with Gasteiger partial charge in [-0.05, 0) is 12.8 Å². The highest BCUT2D eigenvalue weighted by molar-refractivity contribution is 7.85. The number of methoxy groups -OCH3 is 2. The third kappa shape index (κ3) is 14.8. The molecule has 6 nitrogen and oxygen atoms in total. The molecule has 0 aromatic heterocycles. The predicted octanol–water partition coefficient (Wildman–Crippen LogP) is 1.95. The highest BCUT2D eigenvalue weighted by Gasteiger charge is 2.08. The molecule has 0 aliphatic heterocycles. The van der Waals surface area contributed by atoms with E-state index in [2.05, 4.69) is 9.47 Å². The lowest BCUT2D eigenvalue weighted by Crippen LogP contribution is -2.14. The van der Waals surface area contributed by atoms with Gasteiger partial charge in [-0.25, -0.2) is 0 Å². The van der Waals surface area contributed by atoms with Gasteiger partial charge in [0.2, 0.25) is 0 Å². The maximum atomic E-state index is 11.5. The van der Waals surface area contributed by atoms with Crippen LogP contribution in [0.1, 0.15) is 51.4 Å². The minimum atomic E-state index is -1.11. The van der Waals surface area contributed by atoms with E-state index in [9.17, 15) is 18.0 Å². The van der Waals surface area contributed by atoms with Gasteiger partial charge < -0.3 is 9.47 Å². The van der Waals surface area contributed by atoms with Crippen molar-refractivity contribution in [3.8, 4) is 0 Å². The lowest BCUT2D eigenvalue weighted by molar-refractivity contribution is -0.138. The van der Waals surface area contributed by atoms with E-state index >= 15 is 0 Å². The van der Waals surface area contributed by atoms with Crippen molar-refractivity contribution in [3.05, 3.63) is 0 Å². The van der Waals surface area contributed by atoms with E-state index in [1.807, 2.05) is 0 Å². The first-order chi connectivity index (χ1) is 11.5. The van der Waals surface area contributed by atoms with Gasteiger partial charge in [-0.15, -0.1) is 0 Å². The van der Waals surface area contributed by atoms with Crippen LogP contribution in [0.3, 0.4) is 0 Å². The predicted molar refractivity (Wildman–Crippen MR) is 96.7 cm³/mol. The minimum Gasteiger partial charge on any atom is -0.468 e. The fraction of sp³-hybridized carbons (Fsp3) is 0.875. The summed E-state index contributed by atoms with van der Waals surface area (Å²) in [5.74, 6) is 0.269. The van der Waals surface area contributed by atoms with Crippen LogP contribution < -0.4 is 0 Å². The average molecular weight is 383 g/mol. The summed E-state index contributed by atoms with van der Waals surface area (Å²) in [5.41, 5.74) is 0. The Labute approximate surface area is 150 Å². The summed E-state index contributed by atoms with van der Waals surface area (Å²) in [7, 11) is 0.389. The average Bonchev–Trinajstić information content (AvgIpc) is 2.56. The maximum absolute atomic E-state index is 11.5. The van der Waals surface area contributed by atoms with E-state index in [0.717, 1.165) is 51.4 Å². The topological polar surface area (TPSA) is 86.7 Å². The second-order valence-electron chi connectivity index (χ2n) is 5.56. The molecule has 8 heteroatoms. The SMILES string of the molecule is COC(=O)CS(=O)CCCCCCCCCCS(=O)CC(=O)OC. The maximum Gasteiger partial charge on any atom is 0.318 e. The molecule has 0 N–H and O–H groups in total. The lowest BCUT2D eigenvalue weighted by atomic mass is 10.1. The second kappa shape index (κ2) is 15.7. The molecular formula is C16H30O6S2. The van der Waals surface area contributed by atoms with Crippen LogP contribution in [0.5, 0.6) is 0 Å². The molecule has 0 saturated heterocycles. The number of carbonyl (C=O) groups excluding carboxylic acids is 2. The van der Waals surface area contributed by atoms with Crippen LogP contribution in [0, 0.1) is 0 Å². The first-order valence-electron chi connectivity index (χ1n) is 8.33. The summed E-state index contributed by atoms with van der Waals surface area (Å²) < 4.78 is 32.0. The zero-order valence-corrected chi connectivity index (χ0v) is 16.4. The Bertz CT molecular complexity index is 373. The summed E-state index contributed by atoms with van der Waals surface area (Å²) in [6.45, 7) is 0. The molecule has 0 aliphatic carbocycles. The van der Waals surface area contributed by atoms with Crippen molar-refractivity contribution in [3.63, 3.8) is 0 Å². The Morgan fingerprint density at radius 3 is 1.21 bits per heavy atom. The zero-order chi connectivity index (χ0) is 18.2. The molecular weight excluding hydrogens is 352 g/mol. The highest BCUT2D eigenvalue weighted by atomic mass is 32.2. The van der Waals surface area contributed by atoms with Gasteiger partial charge in [-0.1, -0.05) is 38.5 Å². The molecule has 142 valence electrons. The van der Waals surface area contributed by atoms with Gasteiger partial charge in [0.05, 0.1) is 14.2 Å². The summed E-state index contributed by atoms with van der Waals surface area (Å²) in [4.78, 5) is 21.9.